The molecule has 4 aromatic heterocycles. The fraction of sp³-hybridized carbons (Fsp3) is 0.655. The molecule has 0 amide bonds. The molecule has 9 atom stereocenters. The summed E-state index contributed by atoms with van der Waals surface area (Å²) in [6, 6.07) is 0. The number of anilines is 2. The molecule has 0 aliphatic carbocycles. The number of aliphatic hydroxyl groups excluding tert-OH is 3. The first-order chi connectivity index (χ1) is 27.0. The first-order valence-electron chi connectivity index (χ1n) is 18.8. The van der Waals surface area contributed by atoms with Crippen LogP contribution in [-0.4, -0.2) is 130 Å². The second-order valence-corrected chi connectivity index (χ2v) is 13.4. The summed E-state index contributed by atoms with van der Waals surface area (Å²) in [6.07, 6.45) is -7.56. The first-order valence-corrected chi connectivity index (χ1v) is 17.8. The molecule has 7 heterocycles. The van der Waals surface area contributed by atoms with Crippen LogP contribution in [0.25, 0.3) is 22.3 Å². The van der Waals surface area contributed by atoms with Crippen molar-refractivity contribution in [2.45, 2.75) is 82.7 Å². The van der Waals surface area contributed by atoms with E-state index in [-0.39, 0.29) is 72.4 Å². The van der Waals surface area contributed by atoms with E-state index >= 15 is 8.78 Å². The molecule has 23 heteroatoms. The minimum Gasteiger partial charge on any atom is -0.476 e. The zero-order valence-corrected chi connectivity index (χ0v) is 29.2. The minimum absolute atomic E-state index is 0.0245. The number of aliphatic hydroxyl groups is 3. The van der Waals surface area contributed by atoms with Crippen LogP contribution in [-0.2, 0) is 23.1 Å². The maximum Gasteiger partial charge on any atom is 0.328 e. The van der Waals surface area contributed by atoms with Crippen molar-refractivity contribution in [1.29, 1.82) is 0 Å². The van der Waals surface area contributed by atoms with Crippen LogP contribution in [0.5, 0.6) is 11.8 Å². The summed E-state index contributed by atoms with van der Waals surface area (Å²) < 4.78 is 124. The second kappa shape index (κ2) is 15.2. The number of hydrogen-bond donors (Lipinski definition) is 5. The van der Waals surface area contributed by atoms with Gasteiger partial charge in [0.2, 0.25) is 23.7 Å². The van der Waals surface area contributed by atoms with Gasteiger partial charge in [-0.2, -0.15) is 19.9 Å². The number of rotatable bonds is 7. The van der Waals surface area contributed by atoms with E-state index in [4.69, 9.17) is 52.8 Å². The van der Waals surface area contributed by atoms with Crippen LogP contribution < -0.4 is 20.9 Å². The monoisotopic (exact) mass is 766 g/mol. The molecule has 20 nitrogen and oxygen atoms in total. The molecular weight excluding hydrogens is 717 g/mol. The molecule has 0 saturated carbocycles. The predicted octanol–water partition coefficient (Wildman–Crippen LogP) is 1.46. The lowest BCUT2D eigenvalue weighted by atomic mass is 9.98. The molecule has 7 N–H and O–H groups in total. The fourth-order valence-electron chi connectivity index (χ4n) is 5.53. The van der Waals surface area contributed by atoms with E-state index in [1.807, 2.05) is 0 Å². The number of aromatic nitrogens is 8. The van der Waals surface area contributed by atoms with Crippen molar-refractivity contribution >= 4 is 41.8 Å². The number of fused-ring (bicyclic) bond motifs is 3. The molecule has 4 aromatic rings. The van der Waals surface area contributed by atoms with Crippen molar-refractivity contribution in [2.75, 3.05) is 51.2 Å². The average Bonchev–Trinajstić information content (AvgIpc) is 3.87. The SMILES string of the molecule is CCO.[2H]C([2H])([2H])[C@@]1(F)[C@@H]2OP(C)(=O)OC[C@H]2O[C@H]1n1cnc2c(OCC)nc(N)nc21.[2H]C([2H])([2H])[C@@]1(F)[C@H](O)[C@@H](CO)O[C@H]1n1cnc2c(OCC)nc(N)nc21. The quantitative estimate of drug-likeness (QED) is 0.167. The van der Waals surface area contributed by atoms with Gasteiger partial charge in [0.25, 0.3) is 0 Å². The van der Waals surface area contributed by atoms with Gasteiger partial charge in [-0.1, -0.05) is 0 Å². The third-order valence-corrected chi connectivity index (χ3v) is 8.93. The van der Waals surface area contributed by atoms with Gasteiger partial charge in [-0.15, -0.1) is 0 Å². The predicted molar refractivity (Wildman–Crippen MR) is 179 cm³/mol. The molecule has 52 heavy (non-hydrogen) atoms. The van der Waals surface area contributed by atoms with Crippen LogP contribution in [0.2, 0.25) is 0 Å². The molecule has 3 aliphatic rings. The average molecular weight is 767 g/mol. The number of nitrogen functional groups attached to an aromatic ring is 2. The highest BCUT2D eigenvalue weighted by molar-refractivity contribution is 7.53. The van der Waals surface area contributed by atoms with Gasteiger partial charge in [0.05, 0.1) is 39.1 Å². The van der Waals surface area contributed by atoms with Crippen molar-refractivity contribution in [3.8, 4) is 11.8 Å². The molecule has 3 aliphatic heterocycles. The molecule has 0 bridgehead atoms. The summed E-state index contributed by atoms with van der Waals surface area (Å²) in [5.41, 5.74) is 5.36. The van der Waals surface area contributed by atoms with Gasteiger partial charge in [0, 0.05) is 21.5 Å². The first kappa shape index (κ1) is 31.6. The summed E-state index contributed by atoms with van der Waals surface area (Å²) in [7, 11) is -3.64. The van der Waals surface area contributed by atoms with Crippen LogP contribution >= 0.6 is 7.60 Å². The lowest BCUT2D eigenvalue weighted by Gasteiger charge is -2.33. The van der Waals surface area contributed by atoms with E-state index in [2.05, 4.69) is 29.9 Å². The van der Waals surface area contributed by atoms with Crippen molar-refractivity contribution in [3.05, 3.63) is 12.7 Å². The lowest BCUT2D eigenvalue weighted by molar-refractivity contribution is -0.0594. The molecule has 0 aromatic carbocycles. The van der Waals surface area contributed by atoms with Gasteiger partial charge in [0.15, 0.2) is 46.1 Å². The number of halogens is 2. The third-order valence-electron chi connectivity index (χ3n) is 7.70. The van der Waals surface area contributed by atoms with Crippen LogP contribution in [0.4, 0.5) is 20.7 Å². The van der Waals surface area contributed by atoms with E-state index in [1.165, 1.54) is 0 Å². The Bertz CT molecular complexity index is 2140. The van der Waals surface area contributed by atoms with Gasteiger partial charge in [-0.05, 0) is 34.5 Å². The maximum absolute atomic E-state index is 16.3. The largest absolute Gasteiger partial charge is 0.476 e. The molecular formula is C29H43F2N10O10P. The summed E-state index contributed by atoms with van der Waals surface area (Å²) in [6.45, 7) is -0.458. The summed E-state index contributed by atoms with van der Waals surface area (Å²) in [5, 5.41) is 27.0. The zero-order chi connectivity index (χ0) is 43.2. The second-order valence-electron chi connectivity index (χ2n) is 11.4. The Morgan fingerprint density at radius 2 is 1.44 bits per heavy atom. The number of ether oxygens (including phenoxy) is 4. The molecule has 1 unspecified atom stereocenters. The van der Waals surface area contributed by atoms with Crippen molar-refractivity contribution in [3.63, 3.8) is 0 Å². The van der Waals surface area contributed by atoms with E-state index in [0.29, 0.717) is 0 Å². The summed E-state index contributed by atoms with van der Waals surface area (Å²) in [4.78, 5) is 24.0. The Labute approximate surface area is 304 Å². The van der Waals surface area contributed by atoms with Gasteiger partial charge in [-0.3, -0.25) is 18.2 Å². The van der Waals surface area contributed by atoms with Gasteiger partial charge in [0.1, 0.15) is 24.4 Å². The smallest absolute Gasteiger partial charge is 0.328 e. The van der Waals surface area contributed by atoms with E-state index in [9.17, 15) is 14.8 Å². The van der Waals surface area contributed by atoms with Crippen LogP contribution in [0.15, 0.2) is 12.7 Å². The lowest BCUT2D eigenvalue weighted by Crippen LogP contribution is -2.44. The fourth-order valence-corrected chi connectivity index (χ4v) is 6.71. The highest BCUT2D eigenvalue weighted by atomic mass is 31.2. The number of hydrogen-bond acceptors (Lipinski definition) is 18. The Morgan fingerprint density at radius 3 is 1.90 bits per heavy atom. The topological polar surface area (TPSA) is 272 Å². The molecule has 3 fully saturated rings. The van der Waals surface area contributed by atoms with Crippen LogP contribution in [0, 0.1) is 0 Å². The molecule has 0 spiro atoms. The van der Waals surface area contributed by atoms with Crippen molar-refractivity contribution in [1.82, 2.24) is 39.0 Å². The Morgan fingerprint density at radius 1 is 0.942 bits per heavy atom. The van der Waals surface area contributed by atoms with Gasteiger partial charge < -0.3 is 50.3 Å². The Hall–Kier alpha value is -3.89. The number of nitrogens with zero attached hydrogens (tertiary/aromatic N) is 8. The summed E-state index contributed by atoms with van der Waals surface area (Å²) >= 11 is 0. The van der Waals surface area contributed by atoms with Gasteiger partial charge in [-0.25, -0.2) is 18.7 Å². The summed E-state index contributed by atoms with van der Waals surface area (Å²) in [5.74, 6) is -0.253. The van der Waals surface area contributed by atoms with E-state index < -0.39 is 76.1 Å². The number of imidazole rings is 2. The molecule has 288 valence electrons. The normalized spacial score (nSPS) is 34.7. The van der Waals surface area contributed by atoms with Gasteiger partial charge >= 0.3 is 7.60 Å². The maximum atomic E-state index is 16.3. The zero-order valence-electron chi connectivity index (χ0n) is 34.3. The van der Waals surface area contributed by atoms with Crippen molar-refractivity contribution < 1.29 is 64.9 Å². The molecule has 0 radical (unpaired) electrons. The number of nitrogens with two attached hydrogens (primary N) is 2. The Balaban J connectivity index is 0.000000208. The van der Waals surface area contributed by atoms with Crippen LogP contribution in [0.3, 0.4) is 0 Å². The van der Waals surface area contributed by atoms with Crippen molar-refractivity contribution in [2.24, 2.45) is 0 Å². The van der Waals surface area contributed by atoms with Crippen LogP contribution in [0.1, 0.15) is 55.2 Å². The standard InChI is InChI=1S/C14H19FN5O5P.C13H18FN5O4.C2H6O/c1-4-22-11-8-10(18-13(16)19-11)20(6-17-8)12-14(2,15)9-7(24-12)5-23-26(3,21)25-9;1-3-22-10-7-9(17-12(15)18-10)19(5-16-7)11-13(2,14)8(21)6(4-20)23-11;1-2-3/h6-7,9,12H,4-5H2,1-3H3,(H2,16,18,19);5-6,8,11,20-21H,3-4H2,1-2H3,(H2,15,17,18);3H,2H2,1H3/t7-,9-,12-,14-,26?;6-,8-,11-,13-;/m11./s1/i2*2D3;. The van der Waals surface area contributed by atoms with E-state index in [0.717, 1.165) is 28.5 Å². The molecule has 3 saturated heterocycles. The highest BCUT2D eigenvalue weighted by Crippen LogP contribution is 2.57. The highest BCUT2D eigenvalue weighted by Gasteiger charge is 2.60. The Kier molecular flexibility index (Phi) is 9.26. The van der Waals surface area contributed by atoms with E-state index in [1.54, 1.807) is 20.8 Å². The molecule has 7 rings (SSSR count). The minimum atomic E-state index is -3.64. The number of alkyl halides is 2. The third kappa shape index (κ3) is 7.33.